The van der Waals surface area contributed by atoms with E-state index in [4.69, 9.17) is 11.5 Å². The Hall–Kier alpha value is -3.85. The maximum absolute atomic E-state index is 13.9. The zero-order chi connectivity index (χ0) is 23.0. The van der Waals surface area contributed by atoms with Gasteiger partial charge in [-0.05, 0) is 62.1 Å². The van der Waals surface area contributed by atoms with Gasteiger partial charge in [0.05, 0.1) is 0 Å². The number of nitrogen functional groups attached to an aromatic ring is 2. The summed E-state index contributed by atoms with van der Waals surface area (Å²) in [6.45, 7) is 8.07. The molecule has 3 nitrogen and oxygen atoms in total. The van der Waals surface area contributed by atoms with Crippen LogP contribution in [-0.2, 0) is 0 Å². The monoisotopic (exact) mass is 420 g/mol. The highest BCUT2D eigenvalue weighted by atomic mass is 16.1. The summed E-state index contributed by atoms with van der Waals surface area (Å²) in [5.41, 5.74) is 23.2. The molecule has 0 bridgehead atoms. The summed E-state index contributed by atoms with van der Waals surface area (Å²) in [6.07, 6.45) is 0. The van der Waals surface area contributed by atoms with Gasteiger partial charge in [0, 0.05) is 33.6 Å². The molecule has 4 rings (SSSR count). The van der Waals surface area contributed by atoms with E-state index in [-0.39, 0.29) is 5.78 Å². The predicted molar refractivity (Wildman–Crippen MR) is 135 cm³/mol. The molecule has 0 fully saturated rings. The van der Waals surface area contributed by atoms with Gasteiger partial charge >= 0.3 is 0 Å². The Labute approximate surface area is 189 Å². The number of hydrogen-bond acceptors (Lipinski definition) is 3. The van der Waals surface area contributed by atoms with Crippen LogP contribution in [0.1, 0.15) is 38.2 Å². The summed E-state index contributed by atoms with van der Waals surface area (Å²) in [4.78, 5) is 13.9. The van der Waals surface area contributed by atoms with Gasteiger partial charge in [0.2, 0.25) is 0 Å². The largest absolute Gasteiger partial charge is 0.398 e. The molecule has 0 heterocycles. The molecule has 0 spiro atoms. The molecular formula is C29H28N2O. The van der Waals surface area contributed by atoms with Crippen LogP contribution in [0.15, 0.2) is 72.8 Å². The van der Waals surface area contributed by atoms with Gasteiger partial charge in [-0.1, -0.05) is 71.8 Å². The minimum atomic E-state index is -0.0479. The number of hydrogen-bond donors (Lipinski definition) is 2. The van der Waals surface area contributed by atoms with E-state index in [1.165, 1.54) is 0 Å². The highest BCUT2D eigenvalue weighted by Gasteiger charge is 2.21. The summed E-state index contributed by atoms with van der Waals surface area (Å²) in [7, 11) is 0. The third-order valence-corrected chi connectivity index (χ3v) is 5.99. The Morgan fingerprint density at radius 3 is 1.34 bits per heavy atom. The summed E-state index contributed by atoms with van der Waals surface area (Å²) in [5.74, 6) is -0.0479. The molecule has 0 radical (unpaired) electrons. The molecule has 0 aliphatic heterocycles. The highest BCUT2D eigenvalue weighted by molar-refractivity contribution is 6.17. The molecule has 0 unspecified atom stereocenters. The van der Waals surface area contributed by atoms with E-state index in [0.29, 0.717) is 22.5 Å². The maximum Gasteiger partial charge on any atom is 0.194 e. The second-order valence-electron chi connectivity index (χ2n) is 8.51. The average Bonchev–Trinajstić information content (AvgIpc) is 2.78. The molecule has 0 saturated heterocycles. The van der Waals surface area contributed by atoms with Crippen LogP contribution in [0, 0.1) is 27.7 Å². The summed E-state index contributed by atoms with van der Waals surface area (Å²) < 4.78 is 0. The Balaban J connectivity index is 1.92. The van der Waals surface area contributed by atoms with E-state index in [1.807, 2.05) is 88.4 Å². The van der Waals surface area contributed by atoms with Gasteiger partial charge < -0.3 is 11.5 Å². The minimum Gasteiger partial charge on any atom is -0.398 e. The first-order valence-electron chi connectivity index (χ1n) is 10.7. The Morgan fingerprint density at radius 1 is 0.562 bits per heavy atom. The molecule has 0 atom stereocenters. The molecule has 0 aromatic heterocycles. The number of rotatable bonds is 4. The van der Waals surface area contributed by atoms with Crippen molar-refractivity contribution in [3.8, 4) is 22.3 Å². The SMILES string of the molecule is Cc1cc(C)c(N)c(-c2ccccc2C(=O)c2ccccc2-c2cc(C)cc(C)c2N)c1. The molecular weight excluding hydrogens is 392 g/mol. The van der Waals surface area contributed by atoms with Crippen LogP contribution in [-0.4, -0.2) is 5.78 Å². The minimum absolute atomic E-state index is 0.0479. The van der Waals surface area contributed by atoms with E-state index in [9.17, 15) is 4.79 Å². The smallest absolute Gasteiger partial charge is 0.194 e. The molecule has 0 aliphatic carbocycles. The summed E-state index contributed by atoms with van der Waals surface area (Å²) in [5, 5.41) is 0. The Morgan fingerprint density at radius 2 is 0.938 bits per heavy atom. The Kier molecular flexibility index (Phi) is 5.58. The van der Waals surface area contributed by atoms with E-state index >= 15 is 0 Å². The van der Waals surface area contributed by atoms with Crippen LogP contribution in [0.5, 0.6) is 0 Å². The van der Waals surface area contributed by atoms with E-state index in [1.54, 1.807) is 0 Å². The molecule has 4 N–H and O–H groups in total. The van der Waals surface area contributed by atoms with Gasteiger partial charge in [0.15, 0.2) is 5.78 Å². The summed E-state index contributed by atoms with van der Waals surface area (Å²) in [6, 6.07) is 23.5. The fourth-order valence-corrected chi connectivity index (χ4v) is 4.38. The molecule has 4 aromatic carbocycles. The van der Waals surface area contributed by atoms with Gasteiger partial charge in [0.25, 0.3) is 0 Å². The van der Waals surface area contributed by atoms with Crippen LogP contribution >= 0.6 is 0 Å². The van der Waals surface area contributed by atoms with E-state index in [2.05, 4.69) is 12.1 Å². The van der Waals surface area contributed by atoms with Crippen molar-refractivity contribution in [1.29, 1.82) is 0 Å². The zero-order valence-corrected chi connectivity index (χ0v) is 19.0. The lowest BCUT2D eigenvalue weighted by Gasteiger charge is -2.17. The number of nitrogens with two attached hydrogens (primary N) is 2. The van der Waals surface area contributed by atoms with Gasteiger partial charge in [-0.15, -0.1) is 0 Å². The fourth-order valence-electron chi connectivity index (χ4n) is 4.38. The lowest BCUT2D eigenvalue weighted by Crippen LogP contribution is -2.07. The van der Waals surface area contributed by atoms with Gasteiger partial charge in [0.1, 0.15) is 0 Å². The highest BCUT2D eigenvalue weighted by Crippen LogP contribution is 2.36. The number of anilines is 2. The fraction of sp³-hybridized carbons (Fsp3) is 0.138. The lowest BCUT2D eigenvalue weighted by atomic mass is 9.87. The van der Waals surface area contributed by atoms with Crippen LogP contribution in [0.2, 0.25) is 0 Å². The van der Waals surface area contributed by atoms with Crippen LogP contribution in [0.3, 0.4) is 0 Å². The third kappa shape index (κ3) is 3.78. The molecule has 0 amide bonds. The first-order chi connectivity index (χ1) is 15.3. The van der Waals surface area contributed by atoms with Crippen molar-refractivity contribution in [3.05, 3.63) is 106 Å². The molecule has 3 heteroatoms. The van der Waals surface area contributed by atoms with Crippen molar-refractivity contribution in [2.45, 2.75) is 27.7 Å². The Bertz CT molecular complexity index is 1250. The standard InChI is InChI=1S/C29H28N2O/c1-17-13-19(3)27(30)25(15-17)21-9-5-7-11-23(21)29(32)24-12-8-6-10-22(24)26-16-18(2)14-20(4)28(26)31/h5-16H,30-31H2,1-4H3. The number of aryl methyl sites for hydroxylation is 4. The van der Waals surface area contributed by atoms with E-state index in [0.717, 1.165) is 44.5 Å². The zero-order valence-electron chi connectivity index (χ0n) is 19.0. The van der Waals surface area contributed by atoms with Crippen LogP contribution < -0.4 is 11.5 Å². The second kappa shape index (κ2) is 8.35. The number of benzene rings is 4. The number of ketones is 1. The predicted octanol–water partition coefficient (Wildman–Crippen LogP) is 6.65. The molecule has 0 aliphatic rings. The van der Waals surface area contributed by atoms with Crippen LogP contribution in [0.4, 0.5) is 11.4 Å². The van der Waals surface area contributed by atoms with Crippen molar-refractivity contribution in [3.63, 3.8) is 0 Å². The van der Waals surface area contributed by atoms with Gasteiger partial charge in [-0.25, -0.2) is 0 Å². The topological polar surface area (TPSA) is 69.1 Å². The second-order valence-corrected chi connectivity index (χ2v) is 8.51. The van der Waals surface area contributed by atoms with Crippen molar-refractivity contribution < 1.29 is 4.79 Å². The van der Waals surface area contributed by atoms with Crippen LogP contribution in [0.25, 0.3) is 22.3 Å². The molecule has 4 aromatic rings. The molecule has 160 valence electrons. The molecule has 0 saturated carbocycles. The first-order valence-corrected chi connectivity index (χ1v) is 10.7. The van der Waals surface area contributed by atoms with Crippen molar-refractivity contribution in [2.24, 2.45) is 0 Å². The average molecular weight is 421 g/mol. The van der Waals surface area contributed by atoms with Gasteiger partial charge in [-0.2, -0.15) is 0 Å². The van der Waals surface area contributed by atoms with Crippen molar-refractivity contribution in [2.75, 3.05) is 11.5 Å². The van der Waals surface area contributed by atoms with Crippen molar-refractivity contribution in [1.82, 2.24) is 0 Å². The number of carbonyl (C=O) groups excluding carboxylic acids is 1. The lowest BCUT2D eigenvalue weighted by molar-refractivity contribution is 0.104. The third-order valence-electron chi connectivity index (χ3n) is 5.99. The first kappa shape index (κ1) is 21.4. The summed E-state index contributed by atoms with van der Waals surface area (Å²) >= 11 is 0. The normalized spacial score (nSPS) is 10.9. The number of carbonyl (C=O) groups is 1. The molecule has 32 heavy (non-hydrogen) atoms. The quantitative estimate of drug-likeness (QED) is 0.287. The van der Waals surface area contributed by atoms with Gasteiger partial charge in [-0.3, -0.25) is 4.79 Å². The van der Waals surface area contributed by atoms with Crippen molar-refractivity contribution >= 4 is 17.2 Å². The maximum atomic E-state index is 13.9. The van der Waals surface area contributed by atoms with E-state index < -0.39 is 0 Å².